The van der Waals surface area contributed by atoms with Gasteiger partial charge in [0.15, 0.2) is 0 Å². The molecular weight excluding hydrogens is 320 g/mol. The molecule has 0 aliphatic carbocycles. The number of carbonyl (C=O) groups excluding carboxylic acids is 1. The Hall–Kier alpha value is -1.82. The predicted molar refractivity (Wildman–Crippen MR) is 98.7 cm³/mol. The normalized spacial score (nSPS) is 17.7. The Morgan fingerprint density at radius 3 is 2.88 bits per heavy atom. The molecule has 1 atom stereocenters. The lowest BCUT2D eigenvalue weighted by Gasteiger charge is -2.35. The van der Waals surface area contributed by atoms with Crippen LogP contribution in [0.15, 0.2) is 17.5 Å². The SMILES string of the molecule is CC[C@@H]1c2ccsc2CCN1C(=O)Nc1cc(C)nn1C(C)(C)C. The summed E-state index contributed by atoms with van der Waals surface area (Å²) in [6.45, 7) is 11.1. The van der Waals surface area contributed by atoms with Gasteiger partial charge in [0.25, 0.3) is 0 Å². The van der Waals surface area contributed by atoms with Gasteiger partial charge >= 0.3 is 6.03 Å². The van der Waals surface area contributed by atoms with E-state index in [1.54, 1.807) is 11.3 Å². The first-order valence-corrected chi connectivity index (χ1v) is 9.40. The van der Waals surface area contributed by atoms with Gasteiger partial charge in [0.1, 0.15) is 5.82 Å². The number of rotatable bonds is 2. The molecule has 6 heteroatoms. The smallest absolute Gasteiger partial charge is 0.317 e. The van der Waals surface area contributed by atoms with Crippen molar-refractivity contribution in [1.82, 2.24) is 14.7 Å². The number of nitrogens with zero attached hydrogens (tertiary/aromatic N) is 3. The van der Waals surface area contributed by atoms with Crippen LogP contribution in [0.4, 0.5) is 10.6 Å². The van der Waals surface area contributed by atoms with Crippen LogP contribution in [0.1, 0.15) is 56.3 Å². The average Bonchev–Trinajstić information content (AvgIpc) is 3.11. The largest absolute Gasteiger partial charge is 0.323 e. The lowest BCUT2D eigenvalue weighted by molar-refractivity contribution is 0.181. The van der Waals surface area contributed by atoms with E-state index in [4.69, 9.17) is 0 Å². The number of fused-ring (bicyclic) bond motifs is 1. The van der Waals surface area contributed by atoms with E-state index in [0.717, 1.165) is 30.9 Å². The van der Waals surface area contributed by atoms with E-state index in [1.165, 1.54) is 10.4 Å². The monoisotopic (exact) mass is 346 g/mol. The van der Waals surface area contributed by atoms with Crippen LogP contribution in [0, 0.1) is 6.92 Å². The number of hydrogen-bond donors (Lipinski definition) is 1. The first-order valence-electron chi connectivity index (χ1n) is 8.52. The van der Waals surface area contributed by atoms with Gasteiger partial charge in [-0.3, -0.25) is 5.32 Å². The van der Waals surface area contributed by atoms with Crippen molar-refractivity contribution in [2.24, 2.45) is 0 Å². The highest BCUT2D eigenvalue weighted by atomic mass is 32.1. The molecule has 0 bridgehead atoms. The van der Waals surface area contributed by atoms with Crippen molar-refractivity contribution in [3.8, 4) is 0 Å². The molecule has 0 spiro atoms. The van der Waals surface area contributed by atoms with Gasteiger partial charge in [-0.05, 0) is 57.5 Å². The fraction of sp³-hybridized carbons (Fsp3) is 0.556. The highest BCUT2D eigenvalue weighted by Crippen LogP contribution is 2.35. The molecule has 1 aliphatic rings. The standard InChI is InChI=1S/C18H26N4OS/c1-6-14-13-8-10-24-15(13)7-9-21(14)17(23)19-16-11-12(2)20-22(16)18(3,4)5/h8,10-11,14H,6-7,9H2,1-5H3,(H,19,23)/t14-/m1/s1. The van der Waals surface area contributed by atoms with E-state index >= 15 is 0 Å². The van der Waals surface area contributed by atoms with Crippen molar-refractivity contribution in [2.45, 2.75) is 59.0 Å². The Morgan fingerprint density at radius 2 is 2.21 bits per heavy atom. The second-order valence-corrected chi connectivity index (χ2v) is 8.35. The molecule has 0 aromatic carbocycles. The Kier molecular flexibility index (Phi) is 4.42. The summed E-state index contributed by atoms with van der Waals surface area (Å²) in [5, 5.41) is 9.75. The molecule has 1 aliphatic heterocycles. The molecule has 130 valence electrons. The van der Waals surface area contributed by atoms with E-state index in [1.807, 2.05) is 22.6 Å². The van der Waals surface area contributed by atoms with Crippen LogP contribution in [0.25, 0.3) is 0 Å². The van der Waals surface area contributed by atoms with Crippen LogP contribution in [0.5, 0.6) is 0 Å². The summed E-state index contributed by atoms with van der Waals surface area (Å²) in [5.74, 6) is 0.760. The molecule has 2 amide bonds. The fourth-order valence-electron chi connectivity index (χ4n) is 3.36. The molecule has 5 nitrogen and oxygen atoms in total. The minimum Gasteiger partial charge on any atom is -0.317 e. The van der Waals surface area contributed by atoms with Crippen molar-refractivity contribution in [3.63, 3.8) is 0 Å². The third-order valence-electron chi connectivity index (χ3n) is 4.44. The summed E-state index contributed by atoms with van der Waals surface area (Å²) in [6, 6.07) is 4.22. The van der Waals surface area contributed by atoms with Crippen LogP contribution >= 0.6 is 11.3 Å². The molecule has 1 N–H and O–H groups in total. The lowest BCUT2D eigenvalue weighted by Crippen LogP contribution is -2.42. The van der Waals surface area contributed by atoms with Gasteiger partial charge in [-0.2, -0.15) is 5.10 Å². The van der Waals surface area contributed by atoms with Gasteiger partial charge < -0.3 is 4.90 Å². The maximum atomic E-state index is 12.9. The third kappa shape index (κ3) is 3.07. The summed E-state index contributed by atoms with van der Waals surface area (Å²) in [4.78, 5) is 16.3. The zero-order valence-electron chi connectivity index (χ0n) is 15.1. The summed E-state index contributed by atoms with van der Waals surface area (Å²) in [6.07, 6.45) is 1.86. The summed E-state index contributed by atoms with van der Waals surface area (Å²) >= 11 is 1.80. The van der Waals surface area contributed by atoms with Crippen molar-refractivity contribution in [2.75, 3.05) is 11.9 Å². The molecule has 0 radical (unpaired) electrons. The quantitative estimate of drug-likeness (QED) is 0.867. The predicted octanol–water partition coefficient (Wildman–Crippen LogP) is 4.55. The first-order chi connectivity index (χ1) is 11.3. The Labute approximate surface area is 147 Å². The molecule has 0 saturated carbocycles. The van der Waals surface area contributed by atoms with Crippen LogP contribution < -0.4 is 5.32 Å². The lowest BCUT2D eigenvalue weighted by atomic mass is 9.98. The molecule has 0 unspecified atom stereocenters. The van der Waals surface area contributed by atoms with E-state index in [0.29, 0.717) is 0 Å². The Morgan fingerprint density at radius 1 is 1.46 bits per heavy atom. The van der Waals surface area contributed by atoms with Gasteiger partial charge in [-0.1, -0.05) is 6.92 Å². The third-order valence-corrected chi connectivity index (χ3v) is 5.44. The van der Waals surface area contributed by atoms with Gasteiger partial charge in [-0.25, -0.2) is 9.48 Å². The molecule has 3 rings (SSSR count). The Balaban J connectivity index is 1.84. The number of aromatic nitrogens is 2. The number of urea groups is 1. The minimum absolute atomic E-state index is 0.0379. The first kappa shape index (κ1) is 17.0. The van der Waals surface area contributed by atoms with Gasteiger partial charge in [0, 0.05) is 17.5 Å². The van der Waals surface area contributed by atoms with E-state index in [2.05, 4.69) is 49.6 Å². The second-order valence-electron chi connectivity index (χ2n) is 7.35. The van der Waals surface area contributed by atoms with Crippen molar-refractivity contribution in [1.29, 1.82) is 0 Å². The number of nitrogens with one attached hydrogen (secondary N) is 1. The second kappa shape index (κ2) is 6.24. The van der Waals surface area contributed by atoms with E-state index in [-0.39, 0.29) is 17.6 Å². The molecule has 24 heavy (non-hydrogen) atoms. The van der Waals surface area contributed by atoms with Crippen molar-refractivity contribution < 1.29 is 4.79 Å². The molecule has 2 aromatic rings. The minimum atomic E-state index is -0.177. The maximum Gasteiger partial charge on any atom is 0.323 e. The van der Waals surface area contributed by atoms with Crippen LogP contribution in [-0.2, 0) is 12.0 Å². The number of anilines is 1. The number of carbonyl (C=O) groups is 1. The fourth-order valence-corrected chi connectivity index (χ4v) is 4.29. The number of aryl methyl sites for hydroxylation is 1. The zero-order valence-corrected chi connectivity index (χ0v) is 15.9. The van der Waals surface area contributed by atoms with Gasteiger partial charge in [-0.15, -0.1) is 11.3 Å². The molecule has 2 aromatic heterocycles. The molecule has 0 fully saturated rings. The van der Waals surface area contributed by atoms with Crippen molar-refractivity contribution >= 4 is 23.2 Å². The molecule has 0 saturated heterocycles. The number of thiophene rings is 1. The van der Waals surface area contributed by atoms with E-state index in [9.17, 15) is 4.79 Å². The van der Waals surface area contributed by atoms with Crippen molar-refractivity contribution in [3.05, 3.63) is 33.6 Å². The van der Waals surface area contributed by atoms with Crippen LogP contribution in [0.2, 0.25) is 0 Å². The Bertz CT molecular complexity index is 741. The summed E-state index contributed by atoms with van der Waals surface area (Å²) < 4.78 is 1.89. The van der Waals surface area contributed by atoms with E-state index < -0.39 is 0 Å². The van der Waals surface area contributed by atoms with Crippen LogP contribution in [-0.4, -0.2) is 27.3 Å². The van der Waals surface area contributed by atoms with Gasteiger partial charge in [0.2, 0.25) is 0 Å². The summed E-state index contributed by atoms with van der Waals surface area (Å²) in [5.41, 5.74) is 2.04. The van der Waals surface area contributed by atoms with Gasteiger partial charge in [0.05, 0.1) is 17.3 Å². The highest BCUT2D eigenvalue weighted by molar-refractivity contribution is 7.10. The maximum absolute atomic E-state index is 12.9. The topological polar surface area (TPSA) is 50.2 Å². The summed E-state index contributed by atoms with van der Waals surface area (Å²) in [7, 11) is 0. The zero-order chi connectivity index (χ0) is 17.5. The number of amides is 2. The number of hydrogen-bond acceptors (Lipinski definition) is 3. The van der Waals surface area contributed by atoms with Crippen LogP contribution in [0.3, 0.4) is 0 Å². The molecular formula is C18H26N4OS. The molecule has 3 heterocycles. The highest BCUT2D eigenvalue weighted by Gasteiger charge is 2.31. The average molecular weight is 347 g/mol.